The van der Waals surface area contributed by atoms with Crippen LogP contribution in [0.1, 0.15) is 5.56 Å². The molecule has 0 atom stereocenters. The summed E-state index contributed by atoms with van der Waals surface area (Å²) >= 11 is 1.60. The van der Waals surface area contributed by atoms with Crippen LogP contribution in [0.3, 0.4) is 0 Å². The van der Waals surface area contributed by atoms with Crippen molar-refractivity contribution >= 4 is 27.9 Å². The number of benzene rings is 1. The second-order valence-corrected chi connectivity index (χ2v) is 6.22. The molecule has 0 spiro atoms. The zero-order chi connectivity index (χ0) is 14.9. The molecule has 0 unspecified atom stereocenters. The Bertz CT molecular complexity index is 795. The van der Waals surface area contributed by atoms with E-state index in [1.54, 1.807) is 11.3 Å². The summed E-state index contributed by atoms with van der Waals surface area (Å²) in [5, 5.41) is 3.25. The highest BCUT2D eigenvalue weighted by molar-refractivity contribution is 7.07. The molecule has 3 aromatic rings. The highest BCUT2D eigenvalue weighted by Crippen LogP contribution is 2.28. The Morgan fingerprint density at radius 1 is 1.14 bits per heavy atom. The molecule has 22 heavy (non-hydrogen) atoms. The van der Waals surface area contributed by atoms with E-state index in [4.69, 9.17) is 9.72 Å². The summed E-state index contributed by atoms with van der Waals surface area (Å²) in [4.78, 5) is 11.5. The number of thiazole rings is 1. The summed E-state index contributed by atoms with van der Waals surface area (Å²) in [6.45, 7) is 5.66. The second kappa shape index (κ2) is 5.66. The van der Waals surface area contributed by atoms with Crippen molar-refractivity contribution < 1.29 is 4.74 Å². The predicted molar refractivity (Wildman–Crippen MR) is 90.6 cm³/mol. The Balaban J connectivity index is 1.77. The van der Waals surface area contributed by atoms with Crippen molar-refractivity contribution in [1.82, 2.24) is 9.97 Å². The number of pyridine rings is 1. The Morgan fingerprint density at radius 2 is 2.00 bits per heavy atom. The molecule has 4 nitrogen and oxygen atoms in total. The molecular weight excluding hydrogens is 294 g/mol. The van der Waals surface area contributed by atoms with Crippen LogP contribution in [-0.4, -0.2) is 36.3 Å². The van der Waals surface area contributed by atoms with Gasteiger partial charge in [-0.2, -0.15) is 0 Å². The zero-order valence-electron chi connectivity index (χ0n) is 12.5. The molecule has 0 amide bonds. The van der Waals surface area contributed by atoms with Gasteiger partial charge >= 0.3 is 0 Å². The van der Waals surface area contributed by atoms with E-state index in [1.807, 2.05) is 10.9 Å². The molecule has 1 aliphatic rings. The third kappa shape index (κ3) is 2.46. The van der Waals surface area contributed by atoms with E-state index in [-0.39, 0.29) is 0 Å². The first-order valence-corrected chi connectivity index (χ1v) is 8.38. The smallest absolute Gasteiger partial charge is 0.0995 e. The van der Waals surface area contributed by atoms with Gasteiger partial charge in [-0.3, -0.25) is 0 Å². The van der Waals surface area contributed by atoms with Crippen LogP contribution in [0, 0.1) is 6.92 Å². The van der Waals surface area contributed by atoms with Crippen LogP contribution in [0.2, 0.25) is 0 Å². The SMILES string of the molecule is Cc1cc(-c2cscn2)nc2ccc(N3CCOCC3)cc12. The highest BCUT2D eigenvalue weighted by Gasteiger charge is 2.13. The van der Waals surface area contributed by atoms with E-state index in [0.717, 1.165) is 43.2 Å². The number of aromatic nitrogens is 2. The standard InChI is InChI=1S/C17H17N3OS/c1-12-8-16(17-10-22-11-18-17)19-15-3-2-13(9-14(12)15)20-4-6-21-7-5-20/h2-3,8-11H,4-7H2,1H3. The molecule has 2 aromatic heterocycles. The maximum atomic E-state index is 5.43. The summed E-state index contributed by atoms with van der Waals surface area (Å²) < 4.78 is 5.43. The Hall–Kier alpha value is -1.98. The number of hydrogen-bond donors (Lipinski definition) is 0. The van der Waals surface area contributed by atoms with Gasteiger partial charge in [-0.05, 0) is 36.8 Å². The number of aryl methyl sites for hydroxylation is 1. The van der Waals surface area contributed by atoms with Gasteiger partial charge in [-0.1, -0.05) is 0 Å². The molecule has 4 rings (SSSR count). The number of fused-ring (bicyclic) bond motifs is 1. The van der Waals surface area contributed by atoms with Crippen molar-refractivity contribution in [3.63, 3.8) is 0 Å². The third-order valence-electron chi connectivity index (χ3n) is 4.07. The van der Waals surface area contributed by atoms with Crippen LogP contribution in [-0.2, 0) is 4.74 Å². The topological polar surface area (TPSA) is 38.2 Å². The first-order chi connectivity index (χ1) is 10.8. The van der Waals surface area contributed by atoms with E-state index >= 15 is 0 Å². The van der Waals surface area contributed by atoms with Crippen molar-refractivity contribution in [2.75, 3.05) is 31.2 Å². The first-order valence-electron chi connectivity index (χ1n) is 7.44. The lowest BCUT2D eigenvalue weighted by Crippen LogP contribution is -2.36. The van der Waals surface area contributed by atoms with Gasteiger partial charge in [0.25, 0.3) is 0 Å². The second-order valence-electron chi connectivity index (χ2n) is 5.50. The van der Waals surface area contributed by atoms with Crippen LogP contribution in [0.4, 0.5) is 5.69 Å². The minimum absolute atomic E-state index is 0.804. The van der Waals surface area contributed by atoms with Gasteiger partial charge in [-0.25, -0.2) is 9.97 Å². The van der Waals surface area contributed by atoms with Gasteiger partial charge in [0, 0.05) is 29.5 Å². The molecule has 112 valence electrons. The molecule has 1 saturated heterocycles. The van der Waals surface area contributed by atoms with E-state index in [9.17, 15) is 0 Å². The summed E-state index contributed by atoms with van der Waals surface area (Å²) in [5.41, 5.74) is 7.26. The molecule has 0 bridgehead atoms. The van der Waals surface area contributed by atoms with E-state index in [2.05, 4.69) is 41.1 Å². The average Bonchev–Trinajstić information content (AvgIpc) is 3.10. The van der Waals surface area contributed by atoms with Crippen LogP contribution < -0.4 is 4.90 Å². The highest BCUT2D eigenvalue weighted by atomic mass is 32.1. The Labute approximate surface area is 133 Å². The van der Waals surface area contributed by atoms with Gasteiger partial charge in [0.2, 0.25) is 0 Å². The summed E-state index contributed by atoms with van der Waals surface area (Å²) in [5.74, 6) is 0. The molecule has 5 heteroatoms. The molecule has 3 heterocycles. The van der Waals surface area contributed by atoms with Crippen molar-refractivity contribution in [2.24, 2.45) is 0 Å². The first kappa shape index (κ1) is 13.7. The van der Waals surface area contributed by atoms with Crippen molar-refractivity contribution in [1.29, 1.82) is 0 Å². The minimum Gasteiger partial charge on any atom is -0.378 e. The van der Waals surface area contributed by atoms with Gasteiger partial charge in [0.15, 0.2) is 0 Å². The molecule has 0 saturated carbocycles. The Kier molecular flexibility index (Phi) is 3.52. The fraction of sp³-hybridized carbons (Fsp3) is 0.294. The van der Waals surface area contributed by atoms with E-state index in [1.165, 1.54) is 16.6 Å². The van der Waals surface area contributed by atoms with Crippen molar-refractivity contribution in [3.05, 3.63) is 40.7 Å². The van der Waals surface area contributed by atoms with Crippen LogP contribution in [0.5, 0.6) is 0 Å². The fourth-order valence-electron chi connectivity index (χ4n) is 2.87. The lowest BCUT2D eigenvalue weighted by Gasteiger charge is -2.29. The lowest BCUT2D eigenvalue weighted by molar-refractivity contribution is 0.122. The molecule has 0 radical (unpaired) electrons. The maximum absolute atomic E-state index is 5.43. The number of nitrogens with zero attached hydrogens (tertiary/aromatic N) is 3. The Morgan fingerprint density at radius 3 is 2.77 bits per heavy atom. The largest absolute Gasteiger partial charge is 0.378 e. The summed E-state index contributed by atoms with van der Waals surface area (Å²) in [6.07, 6.45) is 0. The third-order valence-corrected chi connectivity index (χ3v) is 4.66. The van der Waals surface area contributed by atoms with Crippen molar-refractivity contribution in [3.8, 4) is 11.4 Å². The number of hydrogen-bond acceptors (Lipinski definition) is 5. The molecule has 0 aliphatic carbocycles. The molecule has 1 aliphatic heterocycles. The normalized spacial score (nSPS) is 15.4. The van der Waals surface area contributed by atoms with Gasteiger partial charge < -0.3 is 9.64 Å². The number of ether oxygens (including phenoxy) is 1. The minimum atomic E-state index is 0.804. The lowest BCUT2D eigenvalue weighted by atomic mass is 10.1. The quantitative estimate of drug-likeness (QED) is 0.726. The molecule has 1 aromatic carbocycles. The van der Waals surface area contributed by atoms with Gasteiger partial charge in [-0.15, -0.1) is 11.3 Å². The van der Waals surface area contributed by atoms with Gasteiger partial charge in [0.1, 0.15) is 0 Å². The van der Waals surface area contributed by atoms with Gasteiger partial charge in [0.05, 0.1) is 35.6 Å². The fourth-order valence-corrected chi connectivity index (χ4v) is 3.42. The summed E-state index contributed by atoms with van der Waals surface area (Å²) in [6, 6.07) is 8.64. The number of rotatable bonds is 2. The monoisotopic (exact) mass is 311 g/mol. The number of morpholine rings is 1. The molecule has 1 fully saturated rings. The average molecular weight is 311 g/mol. The van der Waals surface area contributed by atoms with E-state index < -0.39 is 0 Å². The van der Waals surface area contributed by atoms with Crippen LogP contribution >= 0.6 is 11.3 Å². The van der Waals surface area contributed by atoms with Crippen LogP contribution in [0.15, 0.2) is 35.2 Å². The maximum Gasteiger partial charge on any atom is 0.0995 e. The van der Waals surface area contributed by atoms with E-state index in [0.29, 0.717) is 0 Å². The molecular formula is C17H17N3OS. The van der Waals surface area contributed by atoms with Crippen molar-refractivity contribution in [2.45, 2.75) is 6.92 Å². The zero-order valence-corrected chi connectivity index (χ0v) is 13.3. The van der Waals surface area contributed by atoms with Crippen LogP contribution in [0.25, 0.3) is 22.3 Å². The predicted octanol–water partition coefficient (Wildman–Crippen LogP) is 3.50. The number of anilines is 1. The molecule has 0 N–H and O–H groups in total. The summed E-state index contributed by atoms with van der Waals surface area (Å²) in [7, 11) is 0.